The topological polar surface area (TPSA) is 53.0 Å². The summed E-state index contributed by atoms with van der Waals surface area (Å²) in [5.41, 5.74) is 3.99. The lowest BCUT2D eigenvalue weighted by Gasteiger charge is -2.34. The Morgan fingerprint density at radius 3 is 2.27 bits per heavy atom. The molecular weight excluding hydrogens is 484 g/mol. The number of carbonyl (C=O) groups is 1. The molecule has 0 aromatic heterocycles. The molecule has 0 unspecified atom stereocenters. The monoisotopic (exact) mass is 518 g/mol. The van der Waals surface area contributed by atoms with Gasteiger partial charge < -0.3 is 14.7 Å². The van der Waals surface area contributed by atoms with Gasteiger partial charge in [-0.2, -0.15) is 0 Å². The summed E-state index contributed by atoms with van der Waals surface area (Å²) in [5, 5.41) is 10.7. The van der Waals surface area contributed by atoms with Crippen molar-refractivity contribution >= 4 is 17.5 Å². The standard InChI is InChI=1S/C31H35ClN2O3/c32-28-11-6-23(7-12-28)21-33-16-18-34(19-17-33)31(36)25-8-13-29(14-9-25)37-30-15-10-26(20-27(30)22-35)24-4-2-1-3-5-24/h6-15,20,24,35H,1-5,16-19,21-22H2. The maximum absolute atomic E-state index is 13.1. The van der Waals surface area contributed by atoms with Crippen LogP contribution in [0.3, 0.4) is 0 Å². The predicted molar refractivity (Wildman–Crippen MR) is 147 cm³/mol. The van der Waals surface area contributed by atoms with E-state index < -0.39 is 0 Å². The van der Waals surface area contributed by atoms with Crippen LogP contribution in [0.15, 0.2) is 66.7 Å². The maximum Gasteiger partial charge on any atom is 0.253 e. The van der Waals surface area contributed by atoms with Gasteiger partial charge in [-0.15, -0.1) is 0 Å². The third-order valence-corrected chi connectivity index (χ3v) is 7.89. The molecular formula is C31H35ClN2O3. The number of carbonyl (C=O) groups excluding carboxylic acids is 1. The maximum atomic E-state index is 13.1. The zero-order valence-electron chi connectivity index (χ0n) is 21.2. The predicted octanol–water partition coefficient (Wildman–Crippen LogP) is 6.63. The van der Waals surface area contributed by atoms with Crippen molar-refractivity contribution < 1.29 is 14.6 Å². The lowest BCUT2D eigenvalue weighted by Crippen LogP contribution is -2.48. The molecule has 6 heteroatoms. The van der Waals surface area contributed by atoms with Crippen LogP contribution in [0, 0.1) is 0 Å². The van der Waals surface area contributed by atoms with E-state index in [9.17, 15) is 9.90 Å². The number of hydrogen-bond acceptors (Lipinski definition) is 4. The van der Waals surface area contributed by atoms with Gasteiger partial charge in [0.25, 0.3) is 5.91 Å². The number of halogens is 1. The van der Waals surface area contributed by atoms with Gasteiger partial charge in [-0.3, -0.25) is 9.69 Å². The lowest BCUT2D eigenvalue weighted by molar-refractivity contribution is 0.0628. The highest BCUT2D eigenvalue weighted by Crippen LogP contribution is 2.35. The summed E-state index contributed by atoms with van der Waals surface area (Å²) in [6, 6.07) is 21.5. The molecule has 0 atom stereocenters. The summed E-state index contributed by atoms with van der Waals surface area (Å²) in [6.07, 6.45) is 6.32. The van der Waals surface area contributed by atoms with Crippen molar-refractivity contribution in [3.63, 3.8) is 0 Å². The van der Waals surface area contributed by atoms with E-state index in [-0.39, 0.29) is 12.5 Å². The van der Waals surface area contributed by atoms with Crippen LogP contribution in [0.4, 0.5) is 0 Å². The normalized spacial score (nSPS) is 17.1. The van der Waals surface area contributed by atoms with Gasteiger partial charge in [0.2, 0.25) is 0 Å². The SMILES string of the molecule is O=C(c1ccc(Oc2ccc(C3CCCCC3)cc2CO)cc1)N1CCN(Cc2ccc(Cl)cc2)CC1. The van der Waals surface area contributed by atoms with Crippen molar-refractivity contribution in [1.82, 2.24) is 9.80 Å². The van der Waals surface area contributed by atoms with Crippen LogP contribution < -0.4 is 4.74 Å². The van der Waals surface area contributed by atoms with Gasteiger partial charge in [0, 0.05) is 48.9 Å². The fourth-order valence-electron chi connectivity index (χ4n) is 5.44. The molecule has 2 aliphatic rings. The molecule has 1 N–H and O–H groups in total. The minimum absolute atomic E-state index is 0.0468. The van der Waals surface area contributed by atoms with Crippen LogP contribution in [0.2, 0.25) is 5.02 Å². The van der Waals surface area contributed by atoms with Gasteiger partial charge >= 0.3 is 0 Å². The molecule has 1 aliphatic heterocycles. The Balaban J connectivity index is 1.16. The minimum atomic E-state index is -0.0591. The Morgan fingerprint density at radius 1 is 0.892 bits per heavy atom. The first kappa shape index (κ1) is 25.8. The number of piperazine rings is 1. The summed E-state index contributed by atoms with van der Waals surface area (Å²) in [7, 11) is 0. The Labute approximate surface area is 224 Å². The Bertz CT molecular complexity index is 1180. The molecule has 1 aliphatic carbocycles. The molecule has 1 amide bonds. The molecule has 1 heterocycles. The first-order chi connectivity index (χ1) is 18.1. The molecule has 0 bridgehead atoms. The first-order valence-electron chi connectivity index (χ1n) is 13.4. The molecule has 1 saturated heterocycles. The summed E-state index contributed by atoms with van der Waals surface area (Å²) >= 11 is 5.99. The van der Waals surface area contributed by atoms with Crippen LogP contribution in [0.25, 0.3) is 0 Å². The van der Waals surface area contributed by atoms with E-state index in [1.807, 2.05) is 47.4 Å². The van der Waals surface area contributed by atoms with E-state index in [2.05, 4.69) is 29.2 Å². The molecule has 2 fully saturated rings. The number of nitrogens with zero attached hydrogens (tertiary/aromatic N) is 2. The molecule has 0 radical (unpaired) electrons. The van der Waals surface area contributed by atoms with Crippen molar-refractivity contribution in [3.8, 4) is 11.5 Å². The summed E-state index contributed by atoms with van der Waals surface area (Å²) in [6.45, 7) is 3.90. The average Bonchev–Trinajstić information content (AvgIpc) is 2.95. The second-order valence-corrected chi connectivity index (χ2v) is 10.6. The summed E-state index contributed by atoms with van der Waals surface area (Å²) < 4.78 is 6.10. The van der Waals surface area contributed by atoms with Gasteiger partial charge in [-0.05, 0) is 78.4 Å². The van der Waals surface area contributed by atoms with Gasteiger partial charge in [-0.1, -0.05) is 49.1 Å². The van der Waals surface area contributed by atoms with Crippen molar-refractivity contribution in [1.29, 1.82) is 0 Å². The minimum Gasteiger partial charge on any atom is -0.457 e. The first-order valence-corrected chi connectivity index (χ1v) is 13.7. The number of benzene rings is 3. The highest BCUT2D eigenvalue weighted by Gasteiger charge is 2.22. The second kappa shape index (κ2) is 12.1. The van der Waals surface area contributed by atoms with E-state index >= 15 is 0 Å². The number of hydrogen-bond donors (Lipinski definition) is 1. The number of rotatable bonds is 7. The van der Waals surface area contributed by atoms with Gasteiger partial charge in [0.15, 0.2) is 0 Å². The van der Waals surface area contributed by atoms with Crippen LogP contribution >= 0.6 is 11.6 Å². The Kier molecular flexibility index (Phi) is 8.45. The van der Waals surface area contributed by atoms with Crippen LogP contribution in [-0.2, 0) is 13.2 Å². The Hall–Kier alpha value is -2.86. The molecule has 3 aromatic carbocycles. The van der Waals surface area contributed by atoms with Crippen LogP contribution in [-0.4, -0.2) is 47.0 Å². The summed E-state index contributed by atoms with van der Waals surface area (Å²) in [5.74, 6) is 1.95. The highest BCUT2D eigenvalue weighted by atomic mass is 35.5. The molecule has 5 rings (SSSR count). The zero-order valence-corrected chi connectivity index (χ0v) is 22.0. The summed E-state index contributed by atoms with van der Waals surface area (Å²) in [4.78, 5) is 17.4. The smallest absolute Gasteiger partial charge is 0.253 e. The molecule has 3 aromatic rings. The highest BCUT2D eigenvalue weighted by molar-refractivity contribution is 6.30. The van der Waals surface area contributed by atoms with Crippen molar-refractivity contribution in [2.24, 2.45) is 0 Å². The van der Waals surface area contributed by atoms with Crippen LogP contribution in [0.5, 0.6) is 11.5 Å². The van der Waals surface area contributed by atoms with E-state index in [1.54, 1.807) is 0 Å². The largest absolute Gasteiger partial charge is 0.457 e. The quantitative estimate of drug-likeness (QED) is 0.381. The van der Waals surface area contributed by atoms with Gasteiger partial charge in [0.1, 0.15) is 11.5 Å². The number of aliphatic hydroxyl groups excluding tert-OH is 1. The lowest BCUT2D eigenvalue weighted by atomic mass is 9.83. The van der Waals surface area contributed by atoms with E-state index in [1.165, 1.54) is 43.2 Å². The van der Waals surface area contributed by atoms with Gasteiger partial charge in [-0.25, -0.2) is 0 Å². The molecule has 5 nitrogen and oxygen atoms in total. The zero-order chi connectivity index (χ0) is 25.6. The van der Waals surface area contributed by atoms with E-state index in [0.717, 1.165) is 30.2 Å². The van der Waals surface area contributed by atoms with Crippen molar-refractivity contribution in [3.05, 3.63) is 94.0 Å². The Morgan fingerprint density at radius 2 is 1.59 bits per heavy atom. The third-order valence-electron chi connectivity index (χ3n) is 7.64. The number of ether oxygens (including phenoxy) is 1. The third kappa shape index (κ3) is 6.53. The van der Waals surface area contributed by atoms with Crippen molar-refractivity contribution in [2.75, 3.05) is 26.2 Å². The fourth-order valence-corrected chi connectivity index (χ4v) is 5.57. The molecule has 1 saturated carbocycles. The van der Waals surface area contributed by atoms with Crippen molar-refractivity contribution in [2.45, 2.75) is 51.2 Å². The van der Waals surface area contributed by atoms with E-state index in [0.29, 0.717) is 36.1 Å². The average molecular weight is 519 g/mol. The second-order valence-electron chi connectivity index (χ2n) is 10.2. The van der Waals surface area contributed by atoms with Crippen LogP contribution in [0.1, 0.15) is 65.1 Å². The number of amides is 1. The fraction of sp³-hybridized carbons (Fsp3) is 0.387. The molecule has 37 heavy (non-hydrogen) atoms. The van der Waals surface area contributed by atoms with Gasteiger partial charge in [0.05, 0.1) is 6.61 Å². The number of aliphatic hydroxyl groups is 1. The molecule has 194 valence electrons. The molecule has 0 spiro atoms. The van der Waals surface area contributed by atoms with E-state index in [4.69, 9.17) is 16.3 Å².